The summed E-state index contributed by atoms with van der Waals surface area (Å²) in [6, 6.07) is 0. The molecule has 1 fully saturated rings. The maximum Gasteiger partial charge on any atom is 0.267 e. The Kier molecular flexibility index (Phi) is 5.32. The highest BCUT2D eigenvalue weighted by Gasteiger charge is 2.30. The molecule has 0 saturated carbocycles. The van der Waals surface area contributed by atoms with Crippen molar-refractivity contribution in [1.82, 2.24) is 19.4 Å². The van der Waals surface area contributed by atoms with Crippen molar-refractivity contribution >= 4 is 17.4 Å². The number of nitrogens with zero attached hydrogens (tertiary/aromatic N) is 4. The number of hydrogen-bond acceptors (Lipinski definition) is 5. The Labute approximate surface area is 131 Å². The molecular formula is C15H26N4OS. The quantitative estimate of drug-likeness (QED) is 0.857. The molecule has 1 amide bonds. The molecule has 118 valence electrons. The molecule has 1 aliphatic rings. The van der Waals surface area contributed by atoms with Gasteiger partial charge in [0.2, 0.25) is 0 Å². The van der Waals surface area contributed by atoms with E-state index < -0.39 is 0 Å². The van der Waals surface area contributed by atoms with Crippen LogP contribution in [0.1, 0.15) is 55.4 Å². The molecule has 21 heavy (non-hydrogen) atoms. The van der Waals surface area contributed by atoms with Crippen LogP contribution in [0, 0.1) is 6.92 Å². The standard InChI is InChI=1S/C15H26N4OS/c1-12-13(21-17-16-12)14(20)19(15(2,3)4)11-10-18-8-6-5-7-9-18/h5-11H2,1-4H3. The van der Waals surface area contributed by atoms with Crippen LogP contribution in [0.4, 0.5) is 0 Å². The third kappa shape index (κ3) is 4.23. The Morgan fingerprint density at radius 3 is 2.48 bits per heavy atom. The molecule has 0 N–H and O–H groups in total. The lowest BCUT2D eigenvalue weighted by Crippen LogP contribution is -2.49. The minimum atomic E-state index is -0.191. The van der Waals surface area contributed by atoms with Crippen LogP contribution in [0.15, 0.2) is 0 Å². The monoisotopic (exact) mass is 310 g/mol. The summed E-state index contributed by atoms with van der Waals surface area (Å²) in [5, 5.41) is 3.96. The summed E-state index contributed by atoms with van der Waals surface area (Å²) in [6.07, 6.45) is 3.90. The minimum absolute atomic E-state index is 0.0620. The van der Waals surface area contributed by atoms with Crippen LogP contribution in [0.3, 0.4) is 0 Å². The molecule has 6 heteroatoms. The molecule has 0 spiro atoms. The number of aryl methyl sites for hydroxylation is 1. The molecule has 2 heterocycles. The number of piperidine rings is 1. The molecule has 1 aromatic rings. The fraction of sp³-hybridized carbons (Fsp3) is 0.800. The molecular weight excluding hydrogens is 284 g/mol. The van der Waals surface area contributed by atoms with Gasteiger partial charge in [0.25, 0.3) is 5.91 Å². The zero-order chi connectivity index (χ0) is 15.5. The lowest BCUT2D eigenvalue weighted by Gasteiger charge is -2.37. The zero-order valence-corrected chi connectivity index (χ0v) is 14.4. The fourth-order valence-corrected chi connectivity index (χ4v) is 3.32. The predicted octanol–water partition coefficient (Wildman–Crippen LogP) is 2.57. The minimum Gasteiger partial charge on any atom is -0.332 e. The van der Waals surface area contributed by atoms with Gasteiger partial charge in [-0.2, -0.15) is 0 Å². The second-order valence-corrected chi connectivity index (χ2v) is 7.47. The summed E-state index contributed by atoms with van der Waals surface area (Å²) in [5.74, 6) is 0.0620. The van der Waals surface area contributed by atoms with E-state index >= 15 is 0 Å². The molecule has 0 unspecified atom stereocenters. The smallest absolute Gasteiger partial charge is 0.267 e. The maximum absolute atomic E-state index is 12.8. The zero-order valence-electron chi connectivity index (χ0n) is 13.6. The number of hydrogen-bond donors (Lipinski definition) is 0. The number of aromatic nitrogens is 2. The van der Waals surface area contributed by atoms with Gasteiger partial charge < -0.3 is 9.80 Å². The lowest BCUT2D eigenvalue weighted by atomic mass is 10.0. The largest absolute Gasteiger partial charge is 0.332 e. The lowest BCUT2D eigenvalue weighted by molar-refractivity contribution is 0.0544. The van der Waals surface area contributed by atoms with Crippen molar-refractivity contribution in [3.8, 4) is 0 Å². The van der Waals surface area contributed by atoms with Crippen LogP contribution in [-0.2, 0) is 0 Å². The molecule has 0 atom stereocenters. The first kappa shape index (κ1) is 16.4. The van der Waals surface area contributed by atoms with E-state index in [1.165, 1.54) is 30.8 Å². The van der Waals surface area contributed by atoms with Crippen molar-refractivity contribution in [3.63, 3.8) is 0 Å². The van der Waals surface area contributed by atoms with Crippen molar-refractivity contribution in [3.05, 3.63) is 10.6 Å². The van der Waals surface area contributed by atoms with E-state index in [0.29, 0.717) is 4.88 Å². The van der Waals surface area contributed by atoms with E-state index in [1.807, 2.05) is 11.8 Å². The molecule has 5 nitrogen and oxygen atoms in total. The molecule has 1 aliphatic heterocycles. The highest BCUT2D eigenvalue weighted by atomic mass is 32.1. The van der Waals surface area contributed by atoms with Crippen LogP contribution in [0.5, 0.6) is 0 Å². The Morgan fingerprint density at radius 1 is 1.29 bits per heavy atom. The van der Waals surface area contributed by atoms with Gasteiger partial charge >= 0.3 is 0 Å². The van der Waals surface area contributed by atoms with E-state index in [2.05, 4.69) is 35.3 Å². The highest BCUT2D eigenvalue weighted by molar-refractivity contribution is 7.07. The predicted molar refractivity (Wildman–Crippen MR) is 85.7 cm³/mol. The van der Waals surface area contributed by atoms with E-state index in [0.717, 1.165) is 31.9 Å². The van der Waals surface area contributed by atoms with Gasteiger partial charge in [-0.05, 0) is 65.2 Å². The van der Waals surface area contributed by atoms with Crippen LogP contribution < -0.4 is 0 Å². The van der Waals surface area contributed by atoms with Gasteiger partial charge in [0.1, 0.15) is 4.88 Å². The number of carbonyl (C=O) groups is 1. The normalized spacial score (nSPS) is 17.0. The third-order valence-electron chi connectivity index (χ3n) is 3.99. The van der Waals surface area contributed by atoms with Gasteiger partial charge in [0, 0.05) is 18.6 Å². The number of carbonyl (C=O) groups excluding carboxylic acids is 1. The number of amides is 1. The van der Waals surface area contributed by atoms with E-state index in [4.69, 9.17) is 0 Å². The Balaban J connectivity index is 2.04. The Bertz CT molecular complexity index is 474. The second kappa shape index (κ2) is 6.83. The van der Waals surface area contributed by atoms with E-state index in [9.17, 15) is 4.79 Å². The topological polar surface area (TPSA) is 49.3 Å². The summed E-state index contributed by atoms with van der Waals surface area (Å²) in [4.78, 5) is 17.9. The average molecular weight is 310 g/mol. The summed E-state index contributed by atoms with van der Waals surface area (Å²) < 4.78 is 3.89. The molecule has 0 aromatic carbocycles. The maximum atomic E-state index is 12.8. The third-order valence-corrected chi connectivity index (χ3v) is 4.81. The molecule has 0 aliphatic carbocycles. The van der Waals surface area contributed by atoms with Crippen LogP contribution in [0.2, 0.25) is 0 Å². The van der Waals surface area contributed by atoms with Crippen molar-refractivity contribution in [2.24, 2.45) is 0 Å². The first-order valence-electron chi connectivity index (χ1n) is 7.73. The molecule has 1 aromatic heterocycles. The number of rotatable bonds is 4. The van der Waals surface area contributed by atoms with Crippen LogP contribution in [0.25, 0.3) is 0 Å². The van der Waals surface area contributed by atoms with Crippen LogP contribution in [-0.4, -0.2) is 57.0 Å². The summed E-state index contributed by atoms with van der Waals surface area (Å²) in [5.41, 5.74) is 0.542. The first-order chi connectivity index (χ1) is 9.89. The van der Waals surface area contributed by atoms with Gasteiger partial charge in [0.05, 0.1) is 5.69 Å². The highest BCUT2D eigenvalue weighted by Crippen LogP contribution is 2.21. The molecule has 0 bridgehead atoms. The fourth-order valence-electron chi connectivity index (χ4n) is 2.72. The molecule has 1 saturated heterocycles. The molecule has 0 radical (unpaired) electrons. The SMILES string of the molecule is Cc1nnsc1C(=O)N(CCN1CCCCC1)C(C)(C)C. The van der Waals surface area contributed by atoms with Gasteiger partial charge in [-0.25, -0.2) is 0 Å². The van der Waals surface area contributed by atoms with Gasteiger partial charge in [-0.3, -0.25) is 4.79 Å². The van der Waals surface area contributed by atoms with Crippen molar-refractivity contribution < 1.29 is 4.79 Å². The van der Waals surface area contributed by atoms with E-state index in [1.54, 1.807) is 0 Å². The second-order valence-electron chi connectivity index (χ2n) is 6.72. The van der Waals surface area contributed by atoms with Gasteiger partial charge in [-0.15, -0.1) is 5.10 Å². The van der Waals surface area contributed by atoms with Gasteiger partial charge in [0.15, 0.2) is 0 Å². The summed E-state index contributed by atoms with van der Waals surface area (Å²) >= 11 is 1.20. The van der Waals surface area contributed by atoms with Crippen molar-refractivity contribution in [2.75, 3.05) is 26.2 Å². The first-order valence-corrected chi connectivity index (χ1v) is 8.50. The van der Waals surface area contributed by atoms with Crippen molar-refractivity contribution in [2.45, 2.75) is 52.5 Å². The Hall–Kier alpha value is -1.01. The van der Waals surface area contributed by atoms with Crippen LogP contribution >= 0.6 is 11.5 Å². The van der Waals surface area contributed by atoms with Crippen molar-refractivity contribution in [1.29, 1.82) is 0 Å². The summed E-state index contributed by atoms with van der Waals surface area (Å²) in [6.45, 7) is 12.2. The van der Waals surface area contributed by atoms with E-state index in [-0.39, 0.29) is 11.4 Å². The molecule has 2 rings (SSSR count). The summed E-state index contributed by atoms with van der Waals surface area (Å²) in [7, 11) is 0. The Morgan fingerprint density at radius 2 is 1.95 bits per heavy atom. The van der Waals surface area contributed by atoms with Gasteiger partial charge in [-0.1, -0.05) is 10.9 Å². The average Bonchev–Trinajstić information content (AvgIpc) is 2.84. The number of likely N-dealkylation sites (tertiary alicyclic amines) is 1.